The molecule has 0 radical (unpaired) electrons. The van der Waals surface area contributed by atoms with Crippen LogP contribution in [0.5, 0.6) is 0 Å². The van der Waals surface area contributed by atoms with Gasteiger partial charge in [0.25, 0.3) is 0 Å². The monoisotopic (exact) mass is 205 g/mol. The summed E-state index contributed by atoms with van der Waals surface area (Å²) in [6.45, 7) is 6.79. The van der Waals surface area contributed by atoms with Crippen LogP contribution in [-0.2, 0) is 6.54 Å². The molecule has 0 atom stereocenters. The molecule has 0 aliphatic rings. The Labute approximate surface area is 91.4 Å². The number of nitrogens with one attached hydrogen (secondary N) is 1. The topological polar surface area (TPSA) is 50.4 Å². The molecule has 0 heterocycles. The highest BCUT2D eigenvalue weighted by Crippen LogP contribution is 2.07. The van der Waals surface area contributed by atoms with Crippen LogP contribution in [0.4, 0.5) is 0 Å². The minimum absolute atomic E-state index is 0.325. The van der Waals surface area contributed by atoms with E-state index in [1.807, 2.05) is 26.0 Å². The molecule has 0 aromatic heterocycles. The van der Waals surface area contributed by atoms with Crippen LogP contribution in [0.1, 0.15) is 25.0 Å². The second-order valence-electron chi connectivity index (χ2n) is 3.93. The number of hydrogen-bond acceptors (Lipinski definition) is 1. The molecule has 3 N–H and O–H groups in total. The number of benzene rings is 1. The van der Waals surface area contributed by atoms with E-state index < -0.39 is 0 Å². The summed E-state index contributed by atoms with van der Waals surface area (Å²) in [5, 5.41) is 3.06. The smallest absolute Gasteiger partial charge is 0.189 e. The van der Waals surface area contributed by atoms with Gasteiger partial charge in [0.1, 0.15) is 0 Å². The van der Waals surface area contributed by atoms with Crippen molar-refractivity contribution in [1.82, 2.24) is 5.32 Å². The summed E-state index contributed by atoms with van der Waals surface area (Å²) in [4.78, 5) is 4.28. The Morgan fingerprint density at radius 1 is 1.40 bits per heavy atom. The molecule has 0 aliphatic carbocycles. The molecule has 3 nitrogen and oxygen atoms in total. The lowest BCUT2D eigenvalue weighted by atomic mass is 10.1. The van der Waals surface area contributed by atoms with Crippen LogP contribution in [0, 0.1) is 6.92 Å². The van der Waals surface area contributed by atoms with E-state index in [9.17, 15) is 0 Å². The standard InChI is InChI=1S/C12H19N3/c1-9(2)15-12(13)14-8-11-7-5-4-6-10(11)3/h4-7,9H,8H2,1-3H3,(H3,13,14,15). The summed E-state index contributed by atoms with van der Waals surface area (Å²) in [6.07, 6.45) is 0. The van der Waals surface area contributed by atoms with Gasteiger partial charge in [0.15, 0.2) is 5.96 Å². The van der Waals surface area contributed by atoms with Gasteiger partial charge >= 0.3 is 0 Å². The first-order valence-electron chi connectivity index (χ1n) is 5.20. The molecule has 0 bridgehead atoms. The van der Waals surface area contributed by atoms with Gasteiger partial charge in [-0.1, -0.05) is 24.3 Å². The summed E-state index contributed by atoms with van der Waals surface area (Å²) in [7, 11) is 0. The molecule has 0 unspecified atom stereocenters. The normalized spacial score (nSPS) is 11.9. The van der Waals surface area contributed by atoms with E-state index in [1.54, 1.807) is 0 Å². The van der Waals surface area contributed by atoms with E-state index in [0.717, 1.165) is 0 Å². The summed E-state index contributed by atoms with van der Waals surface area (Å²) in [5.74, 6) is 0.508. The quantitative estimate of drug-likeness (QED) is 0.584. The van der Waals surface area contributed by atoms with Crippen molar-refractivity contribution in [2.24, 2.45) is 10.7 Å². The highest BCUT2D eigenvalue weighted by atomic mass is 15.1. The minimum Gasteiger partial charge on any atom is -0.370 e. The van der Waals surface area contributed by atoms with Crippen molar-refractivity contribution in [3.63, 3.8) is 0 Å². The lowest BCUT2D eigenvalue weighted by molar-refractivity contribution is 0.723. The molecule has 0 saturated heterocycles. The largest absolute Gasteiger partial charge is 0.370 e. The van der Waals surface area contributed by atoms with Crippen LogP contribution in [0.25, 0.3) is 0 Å². The molecule has 0 aliphatic heterocycles. The van der Waals surface area contributed by atoms with Gasteiger partial charge in [-0.15, -0.1) is 0 Å². The second-order valence-corrected chi connectivity index (χ2v) is 3.93. The molecular formula is C12H19N3. The van der Waals surface area contributed by atoms with Gasteiger partial charge < -0.3 is 11.1 Å². The average Bonchev–Trinajstić information content (AvgIpc) is 2.15. The van der Waals surface area contributed by atoms with Gasteiger partial charge in [-0.2, -0.15) is 0 Å². The van der Waals surface area contributed by atoms with Gasteiger partial charge in [-0.05, 0) is 31.9 Å². The first kappa shape index (κ1) is 11.6. The van der Waals surface area contributed by atoms with E-state index >= 15 is 0 Å². The maximum Gasteiger partial charge on any atom is 0.189 e. The number of aliphatic imine (C=N–C) groups is 1. The maximum atomic E-state index is 5.71. The van der Waals surface area contributed by atoms with Crippen molar-refractivity contribution in [2.45, 2.75) is 33.4 Å². The van der Waals surface area contributed by atoms with Crippen molar-refractivity contribution in [2.75, 3.05) is 0 Å². The van der Waals surface area contributed by atoms with Crippen molar-refractivity contribution < 1.29 is 0 Å². The lowest BCUT2D eigenvalue weighted by Crippen LogP contribution is -2.36. The zero-order chi connectivity index (χ0) is 11.3. The highest BCUT2D eigenvalue weighted by molar-refractivity contribution is 5.78. The summed E-state index contributed by atoms with van der Waals surface area (Å²) in [6, 6.07) is 8.52. The Kier molecular flexibility index (Phi) is 4.16. The molecule has 15 heavy (non-hydrogen) atoms. The SMILES string of the molecule is Cc1ccccc1CN=C(N)NC(C)C. The number of hydrogen-bond donors (Lipinski definition) is 2. The fraction of sp³-hybridized carbons (Fsp3) is 0.417. The van der Waals surface area contributed by atoms with Crippen LogP contribution >= 0.6 is 0 Å². The minimum atomic E-state index is 0.325. The van der Waals surface area contributed by atoms with Crippen LogP contribution in [-0.4, -0.2) is 12.0 Å². The van der Waals surface area contributed by atoms with Crippen molar-refractivity contribution in [3.05, 3.63) is 35.4 Å². The Morgan fingerprint density at radius 2 is 2.07 bits per heavy atom. The van der Waals surface area contributed by atoms with E-state index in [1.165, 1.54) is 11.1 Å². The van der Waals surface area contributed by atoms with E-state index in [4.69, 9.17) is 5.73 Å². The van der Waals surface area contributed by atoms with Crippen LogP contribution in [0.3, 0.4) is 0 Å². The number of rotatable bonds is 3. The lowest BCUT2D eigenvalue weighted by Gasteiger charge is -2.09. The number of nitrogens with zero attached hydrogens (tertiary/aromatic N) is 1. The highest BCUT2D eigenvalue weighted by Gasteiger charge is 1.97. The molecule has 0 fully saturated rings. The molecule has 1 aromatic carbocycles. The molecule has 82 valence electrons. The summed E-state index contributed by atoms with van der Waals surface area (Å²) in [5.41, 5.74) is 8.17. The summed E-state index contributed by atoms with van der Waals surface area (Å²) < 4.78 is 0. The fourth-order valence-corrected chi connectivity index (χ4v) is 1.30. The van der Waals surface area contributed by atoms with E-state index in [2.05, 4.69) is 29.4 Å². The Morgan fingerprint density at radius 3 is 2.67 bits per heavy atom. The third kappa shape index (κ3) is 4.02. The van der Waals surface area contributed by atoms with Gasteiger partial charge in [-0.3, -0.25) is 0 Å². The summed E-state index contributed by atoms with van der Waals surface area (Å²) >= 11 is 0. The molecule has 3 heteroatoms. The molecule has 1 aromatic rings. The van der Waals surface area contributed by atoms with Crippen LogP contribution in [0.15, 0.2) is 29.3 Å². The van der Waals surface area contributed by atoms with Crippen LogP contribution < -0.4 is 11.1 Å². The fourth-order valence-electron chi connectivity index (χ4n) is 1.30. The van der Waals surface area contributed by atoms with Crippen molar-refractivity contribution in [1.29, 1.82) is 0 Å². The average molecular weight is 205 g/mol. The van der Waals surface area contributed by atoms with Crippen LogP contribution in [0.2, 0.25) is 0 Å². The number of nitrogens with two attached hydrogens (primary N) is 1. The van der Waals surface area contributed by atoms with Gasteiger partial charge in [0.05, 0.1) is 6.54 Å². The third-order valence-electron chi connectivity index (χ3n) is 2.12. The number of aryl methyl sites for hydroxylation is 1. The Bertz CT molecular complexity index is 342. The second kappa shape index (κ2) is 5.39. The molecule has 0 saturated carbocycles. The maximum absolute atomic E-state index is 5.71. The third-order valence-corrected chi connectivity index (χ3v) is 2.12. The van der Waals surface area contributed by atoms with Gasteiger partial charge in [0, 0.05) is 6.04 Å². The Balaban J connectivity index is 2.60. The zero-order valence-electron chi connectivity index (χ0n) is 9.62. The zero-order valence-corrected chi connectivity index (χ0v) is 9.62. The number of guanidine groups is 1. The van der Waals surface area contributed by atoms with E-state index in [-0.39, 0.29) is 0 Å². The first-order valence-corrected chi connectivity index (χ1v) is 5.20. The molecule has 1 rings (SSSR count). The predicted octanol–water partition coefficient (Wildman–Crippen LogP) is 1.81. The predicted molar refractivity (Wildman–Crippen MR) is 64.8 cm³/mol. The molecule has 0 amide bonds. The Hall–Kier alpha value is -1.51. The van der Waals surface area contributed by atoms with Crippen molar-refractivity contribution in [3.8, 4) is 0 Å². The van der Waals surface area contributed by atoms with Gasteiger partial charge in [0.2, 0.25) is 0 Å². The molecule has 0 spiro atoms. The molecular weight excluding hydrogens is 186 g/mol. The first-order chi connectivity index (χ1) is 7.09. The van der Waals surface area contributed by atoms with Gasteiger partial charge in [-0.25, -0.2) is 4.99 Å². The van der Waals surface area contributed by atoms with E-state index in [0.29, 0.717) is 18.5 Å². The van der Waals surface area contributed by atoms with Crippen molar-refractivity contribution >= 4 is 5.96 Å².